The highest BCUT2D eigenvalue weighted by Crippen LogP contribution is 2.28. The van der Waals surface area contributed by atoms with E-state index in [2.05, 4.69) is 10.2 Å². The van der Waals surface area contributed by atoms with Crippen molar-refractivity contribution >= 4 is 17.5 Å². The van der Waals surface area contributed by atoms with E-state index >= 15 is 0 Å². The lowest BCUT2D eigenvalue weighted by Gasteiger charge is -2.38. The summed E-state index contributed by atoms with van der Waals surface area (Å²) in [6.07, 6.45) is 1.44. The Kier molecular flexibility index (Phi) is 6.23. The number of carbonyl (C=O) groups excluding carboxylic acids is 2. The van der Waals surface area contributed by atoms with Crippen molar-refractivity contribution in [1.82, 2.24) is 10.2 Å². The van der Waals surface area contributed by atoms with Crippen molar-refractivity contribution in [3.63, 3.8) is 0 Å². The summed E-state index contributed by atoms with van der Waals surface area (Å²) in [7, 11) is 1.66. The van der Waals surface area contributed by atoms with Gasteiger partial charge >= 0.3 is 0 Å². The largest absolute Gasteiger partial charge is 0.495 e. The van der Waals surface area contributed by atoms with Crippen LogP contribution < -0.4 is 15.0 Å². The molecule has 1 aromatic carbocycles. The second-order valence-corrected chi connectivity index (χ2v) is 7.16. The molecule has 2 amide bonds. The molecular formula is C21H27N3O4. The minimum Gasteiger partial charge on any atom is -0.495 e. The number of hydrogen-bond acceptors (Lipinski definition) is 5. The first-order valence-electron chi connectivity index (χ1n) is 9.52. The minimum absolute atomic E-state index is 0.0290. The number of ether oxygens (including phenoxy) is 1. The van der Waals surface area contributed by atoms with Gasteiger partial charge in [-0.25, -0.2) is 0 Å². The van der Waals surface area contributed by atoms with Gasteiger partial charge in [-0.05, 0) is 30.2 Å². The molecule has 150 valence electrons. The van der Waals surface area contributed by atoms with Crippen LogP contribution in [0.25, 0.3) is 0 Å². The molecule has 1 N–H and O–H groups in total. The third-order valence-electron chi connectivity index (χ3n) is 4.98. The average Bonchev–Trinajstić information content (AvgIpc) is 3.26. The van der Waals surface area contributed by atoms with Crippen LogP contribution in [0, 0.1) is 5.92 Å². The molecule has 1 aromatic heterocycles. The van der Waals surface area contributed by atoms with E-state index in [1.54, 1.807) is 19.2 Å². The Morgan fingerprint density at radius 3 is 2.39 bits per heavy atom. The van der Waals surface area contributed by atoms with Crippen LogP contribution in [0.4, 0.5) is 5.69 Å². The molecule has 7 heteroatoms. The number of carbonyl (C=O) groups is 2. The summed E-state index contributed by atoms with van der Waals surface area (Å²) in [5.41, 5.74) is 1.03. The van der Waals surface area contributed by atoms with Crippen LogP contribution in [-0.2, 0) is 4.79 Å². The molecule has 1 atom stereocenters. The maximum atomic E-state index is 13.0. The van der Waals surface area contributed by atoms with Crippen LogP contribution in [0.5, 0.6) is 5.75 Å². The monoisotopic (exact) mass is 385 g/mol. The normalized spacial score (nSPS) is 15.4. The first kappa shape index (κ1) is 19.8. The van der Waals surface area contributed by atoms with Crippen LogP contribution >= 0.6 is 0 Å². The summed E-state index contributed by atoms with van der Waals surface area (Å²) < 4.78 is 10.6. The minimum atomic E-state index is -0.588. The third kappa shape index (κ3) is 4.30. The van der Waals surface area contributed by atoms with Gasteiger partial charge in [-0.15, -0.1) is 0 Å². The van der Waals surface area contributed by atoms with E-state index in [0.29, 0.717) is 26.2 Å². The number of piperazine rings is 1. The lowest BCUT2D eigenvalue weighted by molar-refractivity contribution is -0.134. The first-order chi connectivity index (χ1) is 13.5. The highest BCUT2D eigenvalue weighted by Gasteiger charge is 2.31. The highest BCUT2D eigenvalue weighted by atomic mass is 16.5. The van der Waals surface area contributed by atoms with Gasteiger partial charge in [0.15, 0.2) is 5.76 Å². The Hall–Kier alpha value is -2.96. The van der Waals surface area contributed by atoms with Crippen molar-refractivity contribution in [3.05, 3.63) is 48.4 Å². The zero-order valence-corrected chi connectivity index (χ0v) is 16.6. The summed E-state index contributed by atoms with van der Waals surface area (Å²) in [6.45, 7) is 6.46. The molecule has 0 spiro atoms. The second-order valence-electron chi connectivity index (χ2n) is 7.16. The summed E-state index contributed by atoms with van der Waals surface area (Å²) in [6, 6.07) is 10.5. The van der Waals surface area contributed by atoms with Gasteiger partial charge in [0.25, 0.3) is 5.91 Å². The number of para-hydroxylation sites is 2. The molecule has 1 unspecified atom stereocenters. The van der Waals surface area contributed by atoms with E-state index in [-0.39, 0.29) is 23.5 Å². The van der Waals surface area contributed by atoms with Crippen molar-refractivity contribution in [3.8, 4) is 5.75 Å². The molecule has 0 radical (unpaired) electrons. The topological polar surface area (TPSA) is 75.0 Å². The second kappa shape index (κ2) is 8.82. The molecular weight excluding hydrogens is 358 g/mol. The van der Waals surface area contributed by atoms with Gasteiger partial charge in [0.2, 0.25) is 5.91 Å². The van der Waals surface area contributed by atoms with Crippen LogP contribution in [-0.4, -0.2) is 56.0 Å². The number of amides is 2. The van der Waals surface area contributed by atoms with Crippen molar-refractivity contribution in [2.24, 2.45) is 5.92 Å². The van der Waals surface area contributed by atoms with E-state index < -0.39 is 6.04 Å². The number of nitrogens with zero attached hydrogens (tertiary/aromatic N) is 2. The molecule has 1 saturated heterocycles. The van der Waals surface area contributed by atoms with Gasteiger partial charge in [-0.1, -0.05) is 26.0 Å². The van der Waals surface area contributed by atoms with E-state index in [1.165, 1.54) is 6.26 Å². The molecule has 7 nitrogen and oxygen atoms in total. The van der Waals surface area contributed by atoms with Crippen LogP contribution in [0.15, 0.2) is 47.1 Å². The van der Waals surface area contributed by atoms with Crippen LogP contribution in [0.1, 0.15) is 24.4 Å². The molecule has 0 aliphatic carbocycles. The molecule has 2 aromatic rings. The van der Waals surface area contributed by atoms with Gasteiger partial charge in [0, 0.05) is 26.2 Å². The van der Waals surface area contributed by atoms with Gasteiger partial charge in [-0.3, -0.25) is 9.59 Å². The predicted octanol–water partition coefficient (Wildman–Crippen LogP) is 2.39. The lowest BCUT2D eigenvalue weighted by Crippen LogP contribution is -2.56. The number of methoxy groups -OCH3 is 1. The van der Waals surface area contributed by atoms with Gasteiger partial charge in [0.05, 0.1) is 19.1 Å². The van der Waals surface area contributed by atoms with Crippen LogP contribution in [0.3, 0.4) is 0 Å². The highest BCUT2D eigenvalue weighted by molar-refractivity contribution is 5.95. The molecule has 28 heavy (non-hydrogen) atoms. The summed E-state index contributed by atoms with van der Waals surface area (Å²) >= 11 is 0. The zero-order chi connectivity index (χ0) is 20.1. The fourth-order valence-electron chi connectivity index (χ4n) is 3.39. The summed E-state index contributed by atoms with van der Waals surface area (Å²) in [5.74, 6) is 0.574. The SMILES string of the molecule is COc1ccccc1N1CCN(C(=O)C(NC(=O)c2ccco2)C(C)C)CC1. The molecule has 1 fully saturated rings. The Balaban J connectivity index is 1.63. The van der Waals surface area contributed by atoms with E-state index in [0.717, 1.165) is 11.4 Å². The number of furan rings is 1. The zero-order valence-electron chi connectivity index (χ0n) is 16.6. The maximum Gasteiger partial charge on any atom is 0.287 e. The Morgan fingerprint density at radius 1 is 1.07 bits per heavy atom. The molecule has 0 bridgehead atoms. The first-order valence-corrected chi connectivity index (χ1v) is 9.52. The molecule has 1 aliphatic rings. The standard InChI is InChI=1S/C21H27N3O4/c1-15(2)19(22-20(25)18-9-6-14-28-18)21(26)24-12-10-23(11-13-24)16-7-4-5-8-17(16)27-3/h4-9,14-15,19H,10-13H2,1-3H3,(H,22,25). The Bertz CT molecular complexity index is 796. The lowest BCUT2D eigenvalue weighted by atomic mass is 10.0. The maximum absolute atomic E-state index is 13.0. The van der Waals surface area contributed by atoms with Gasteiger partial charge in [0.1, 0.15) is 11.8 Å². The Labute approximate surface area is 165 Å². The number of rotatable bonds is 6. The predicted molar refractivity (Wildman–Crippen MR) is 107 cm³/mol. The van der Waals surface area contributed by atoms with Gasteiger partial charge < -0.3 is 24.3 Å². The fraction of sp³-hybridized carbons (Fsp3) is 0.429. The van der Waals surface area contributed by atoms with E-state index in [9.17, 15) is 9.59 Å². The smallest absolute Gasteiger partial charge is 0.287 e. The molecule has 2 heterocycles. The number of benzene rings is 1. The molecule has 3 rings (SSSR count). The van der Waals surface area contributed by atoms with Crippen LogP contribution in [0.2, 0.25) is 0 Å². The summed E-state index contributed by atoms with van der Waals surface area (Å²) in [5, 5.41) is 2.82. The number of nitrogens with one attached hydrogen (secondary N) is 1. The van der Waals surface area contributed by atoms with Crippen molar-refractivity contribution < 1.29 is 18.7 Å². The average molecular weight is 385 g/mol. The molecule has 0 saturated carbocycles. The quantitative estimate of drug-likeness (QED) is 0.826. The van der Waals surface area contributed by atoms with Gasteiger partial charge in [-0.2, -0.15) is 0 Å². The van der Waals surface area contributed by atoms with E-state index in [1.807, 2.05) is 43.0 Å². The molecule has 1 aliphatic heterocycles. The van der Waals surface area contributed by atoms with E-state index in [4.69, 9.17) is 9.15 Å². The Morgan fingerprint density at radius 2 is 1.79 bits per heavy atom. The van der Waals surface area contributed by atoms with Crippen molar-refractivity contribution in [2.75, 3.05) is 38.2 Å². The van der Waals surface area contributed by atoms with Crippen molar-refractivity contribution in [2.45, 2.75) is 19.9 Å². The third-order valence-corrected chi connectivity index (χ3v) is 4.98. The summed E-state index contributed by atoms with van der Waals surface area (Å²) in [4.78, 5) is 29.4. The fourth-order valence-corrected chi connectivity index (χ4v) is 3.39. The number of anilines is 1. The number of hydrogen-bond donors (Lipinski definition) is 1. The van der Waals surface area contributed by atoms with Crippen molar-refractivity contribution in [1.29, 1.82) is 0 Å².